The van der Waals surface area contributed by atoms with E-state index in [1.54, 1.807) is 19.0 Å². The van der Waals surface area contributed by atoms with Crippen molar-refractivity contribution in [3.8, 4) is 12.3 Å². The van der Waals surface area contributed by atoms with E-state index in [0.29, 0.717) is 38.6 Å². The second-order valence-corrected chi connectivity index (χ2v) is 10.8. The van der Waals surface area contributed by atoms with Gasteiger partial charge in [-0.05, 0) is 51.0 Å². The molecule has 10 heteroatoms. The van der Waals surface area contributed by atoms with Gasteiger partial charge in [0.25, 0.3) is 5.91 Å². The maximum absolute atomic E-state index is 13.6. The third-order valence-corrected chi connectivity index (χ3v) is 7.26. The quantitative estimate of drug-likeness (QED) is 0.0834. The summed E-state index contributed by atoms with van der Waals surface area (Å²) in [5.74, 6) is 0.558. The summed E-state index contributed by atoms with van der Waals surface area (Å²) in [4.78, 5) is 62.5. The van der Waals surface area contributed by atoms with Crippen molar-refractivity contribution in [1.82, 2.24) is 26.2 Å². The molecule has 0 radical (unpaired) electrons. The fourth-order valence-corrected chi connectivity index (χ4v) is 5.24. The molecule has 1 aliphatic carbocycles. The van der Waals surface area contributed by atoms with Crippen molar-refractivity contribution in [2.24, 2.45) is 5.41 Å². The van der Waals surface area contributed by atoms with E-state index in [4.69, 9.17) is 11.2 Å². The lowest BCUT2D eigenvalue weighted by atomic mass is 9.70. The third kappa shape index (κ3) is 15.2. The summed E-state index contributed by atoms with van der Waals surface area (Å²) in [7, 11) is 3.36. The Labute approximate surface area is 260 Å². The molecule has 3 atom stereocenters. The number of carbonyl (C=O) groups excluding carboxylic acids is 5. The SMILES string of the molecule is C#CCCCC(NC(=O)C1CCCN1C(=O)C(NC)C1(C)CCCCC1)C(=O)C(=O)NCC=C.CC.CCC.CNC=O. The molecule has 0 bridgehead atoms. The predicted octanol–water partition coefficient (Wildman–Crippen LogP) is 3.50. The fraction of sp³-hybridized carbons (Fsp3) is 0.727. The van der Waals surface area contributed by atoms with E-state index in [-0.39, 0.29) is 30.3 Å². The lowest BCUT2D eigenvalue weighted by molar-refractivity contribution is -0.144. The first-order valence-corrected chi connectivity index (χ1v) is 15.9. The van der Waals surface area contributed by atoms with Gasteiger partial charge >= 0.3 is 0 Å². The number of amides is 4. The maximum atomic E-state index is 13.6. The van der Waals surface area contributed by atoms with Crippen molar-refractivity contribution in [3.63, 3.8) is 0 Å². The molecule has 1 saturated heterocycles. The Kier molecular flexibility index (Phi) is 24.7. The molecule has 0 aromatic heterocycles. The second kappa shape index (κ2) is 25.3. The van der Waals surface area contributed by atoms with E-state index in [9.17, 15) is 19.2 Å². The molecule has 4 amide bonds. The van der Waals surface area contributed by atoms with Gasteiger partial charge in [0.2, 0.25) is 24.0 Å². The first-order valence-electron chi connectivity index (χ1n) is 15.9. The normalized spacial score (nSPS) is 17.7. The van der Waals surface area contributed by atoms with Crippen LogP contribution in [-0.2, 0) is 24.0 Å². The van der Waals surface area contributed by atoms with Crippen LogP contribution in [0.5, 0.6) is 0 Å². The van der Waals surface area contributed by atoms with Gasteiger partial charge in [-0.2, -0.15) is 0 Å². The Morgan fingerprint density at radius 3 is 2.16 bits per heavy atom. The number of ketones is 1. The topological polar surface area (TPSA) is 137 Å². The van der Waals surface area contributed by atoms with Crippen molar-refractivity contribution in [1.29, 1.82) is 0 Å². The predicted molar refractivity (Wildman–Crippen MR) is 174 cm³/mol. The van der Waals surface area contributed by atoms with E-state index >= 15 is 0 Å². The summed E-state index contributed by atoms with van der Waals surface area (Å²) in [6.45, 7) is 14.6. The summed E-state index contributed by atoms with van der Waals surface area (Å²) in [6, 6.07) is -2.01. The number of nitrogens with zero attached hydrogens (tertiary/aromatic N) is 1. The van der Waals surface area contributed by atoms with Gasteiger partial charge in [-0.1, -0.05) is 66.4 Å². The molecule has 0 spiro atoms. The van der Waals surface area contributed by atoms with Crippen LogP contribution >= 0.6 is 0 Å². The summed E-state index contributed by atoms with van der Waals surface area (Å²) in [5, 5.41) is 10.7. The Morgan fingerprint density at radius 2 is 1.67 bits per heavy atom. The second-order valence-electron chi connectivity index (χ2n) is 10.8. The fourth-order valence-electron chi connectivity index (χ4n) is 5.24. The zero-order valence-electron chi connectivity index (χ0n) is 27.9. The van der Waals surface area contributed by atoms with E-state index in [2.05, 4.69) is 54.5 Å². The molecular formula is C33H59N5O5. The van der Waals surface area contributed by atoms with Crippen LogP contribution in [0.4, 0.5) is 0 Å². The molecule has 1 heterocycles. The first-order chi connectivity index (χ1) is 20.6. The Morgan fingerprint density at radius 1 is 1.09 bits per heavy atom. The van der Waals surface area contributed by atoms with Gasteiger partial charge in [0, 0.05) is 26.6 Å². The summed E-state index contributed by atoms with van der Waals surface area (Å²) in [6.07, 6.45) is 16.4. The maximum Gasteiger partial charge on any atom is 0.289 e. The number of likely N-dealkylation sites (N-methyl/N-ethyl adjacent to an activating group) is 1. The van der Waals surface area contributed by atoms with Crippen molar-refractivity contribution < 1.29 is 24.0 Å². The molecule has 4 N–H and O–H groups in total. The van der Waals surface area contributed by atoms with Crippen LogP contribution in [0.3, 0.4) is 0 Å². The highest BCUT2D eigenvalue weighted by Gasteiger charge is 2.45. The number of terminal acetylenes is 1. The van der Waals surface area contributed by atoms with Crippen LogP contribution in [0.1, 0.15) is 105 Å². The van der Waals surface area contributed by atoms with Crippen LogP contribution in [0.2, 0.25) is 0 Å². The number of likely N-dealkylation sites (tertiary alicyclic amines) is 1. The van der Waals surface area contributed by atoms with Gasteiger partial charge in [-0.3, -0.25) is 24.0 Å². The average Bonchev–Trinajstić information content (AvgIpc) is 3.51. The minimum absolute atomic E-state index is 0.0662. The van der Waals surface area contributed by atoms with Gasteiger partial charge in [0.1, 0.15) is 6.04 Å². The molecule has 0 aromatic carbocycles. The zero-order chi connectivity index (χ0) is 33.3. The average molecular weight is 606 g/mol. The minimum atomic E-state index is -0.987. The molecule has 2 rings (SSSR count). The van der Waals surface area contributed by atoms with Crippen LogP contribution in [0.15, 0.2) is 12.7 Å². The van der Waals surface area contributed by atoms with Crippen LogP contribution in [0, 0.1) is 17.8 Å². The standard InChI is InChI=1S/C26H40N4O4.C3H8.C2H5NO.C2H6/c1-5-7-9-13-19(21(31)24(33)28-17-6-2)29-23(32)20-14-12-18-30(20)25(34)22(27-4)26(3)15-10-8-11-16-26;1-3-2;1-3-2-4;1-2/h1,6,19-20,22,27H,2,7-18H2,3-4H3,(H,28,33)(H,29,32);3H2,1-2H3;2H,1H3,(H,3,4);1-2H3. The molecule has 10 nitrogen and oxygen atoms in total. The Bertz CT molecular complexity index is 879. The number of hydrogen-bond donors (Lipinski definition) is 4. The number of unbranched alkanes of at least 4 members (excludes halogenated alkanes) is 1. The number of hydrogen-bond acceptors (Lipinski definition) is 6. The van der Waals surface area contributed by atoms with Crippen LogP contribution in [0.25, 0.3) is 0 Å². The van der Waals surface area contributed by atoms with E-state index in [0.717, 1.165) is 25.7 Å². The third-order valence-electron chi connectivity index (χ3n) is 7.26. The molecule has 2 fully saturated rings. The van der Waals surface area contributed by atoms with E-state index in [1.807, 2.05) is 13.8 Å². The van der Waals surface area contributed by atoms with Gasteiger partial charge in [0.15, 0.2) is 0 Å². The number of carbonyl (C=O) groups is 5. The van der Waals surface area contributed by atoms with Gasteiger partial charge in [-0.25, -0.2) is 0 Å². The van der Waals surface area contributed by atoms with Crippen molar-refractivity contribution in [2.75, 3.05) is 27.2 Å². The zero-order valence-corrected chi connectivity index (χ0v) is 27.9. The molecular weight excluding hydrogens is 546 g/mol. The van der Waals surface area contributed by atoms with Gasteiger partial charge in [-0.15, -0.1) is 18.9 Å². The minimum Gasteiger partial charge on any atom is -0.362 e. The van der Waals surface area contributed by atoms with E-state index in [1.165, 1.54) is 18.9 Å². The molecule has 43 heavy (non-hydrogen) atoms. The highest BCUT2D eigenvalue weighted by Crippen LogP contribution is 2.40. The van der Waals surface area contributed by atoms with Gasteiger partial charge in [0.05, 0.1) is 12.1 Å². The van der Waals surface area contributed by atoms with Crippen molar-refractivity contribution >= 4 is 29.9 Å². The Hall–Kier alpha value is -3.19. The molecule has 1 aliphatic heterocycles. The van der Waals surface area contributed by atoms with Crippen molar-refractivity contribution in [2.45, 2.75) is 123 Å². The largest absolute Gasteiger partial charge is 0.362 e. The molecule has 2 aliphatic rings. The summed E-state index contributed by atoms with van der Waals surface area (Å²) >= 11 is 0. The lowest BCUT2D eigenvalue weighted by Crippen LogP contribution is -2.58. The molecule has 246 valence electrons. The molecule has 3 unspecified atom stereocenters. The van der Waals surface area contributed by atoms with Gasteiger partial charge < -0.3 is 26.2 Å². The summed E-state index contributed by atoms with van der Waals surface area (Å²) in [5.41, 5.74) is -0.148. The van der Waals surface area contributed by atoms with Crippen molar-refractivity contribution in [3.05, 3.63) is 12.7 Å². The highest BCUT2D eigenvalue weighted by atomic mass is 16.2. The van der Waals surface area contributed by atoms with Crippen LogP contribution < -0.4 is 21.3 Å². The Balaban J connectivity index is 0. The van der Waals surface area contributed by atoms with Crippen LogP contribution in [-0.4, -0.2) is 80.1 Å². The number of Topliss-reactive ketones (excluding diaryl/α,β-unsaturated/α-hetero) is 1. The highest BCUT2D eigenvalue weighted by molar-refractivity contribution is 6.38. The number of rotatable bonds is 13. The monoisotopic (exact) mass is 605 g/mol. The smallest absolute Gasteiger partial charge is 0.289 e. The lowest BCUT2D eigenvalue weighted by Gasteiger charge is -2.42. The van der Waals surface area contributed by atoms with E-state index < -0.39 is 29.7 Å². The molecule has 0 aromatic rings. The summed E-state index contributed by atoms with van der Waals surface area (Å²) < 4.78 is 0. The first kappa shape index (κ1) is 41.9. The number of nitrogens with one attached hydrogen (secondary N) is 4. The molecule has 1 saturated carbocycles.